The van der Waals surface area contributed by atoms with Gasteiger partial charge in [-0.1, -0.05) is 177 Å². The number of ether oxygens (including phenoxy) is 2. The van der Waals surface area contributed by atoms with Crippen LogP contribution in [0.3, 0.4) is 0 Å². The van der Waals surface area contributed by atoms with E-state index in [4.69, 9.17) is 9.47 Å². The van der Waals surface area contributed by atoms with Crippen molar-refractivity contribution in [3.05, 3.63) is 0 Å². The summed E-state index contributed by atoms with van der Waals surface area (Å²) in [6.07, 6.45) is 34.3. The summed E-state index contributed by atoms with van der Waals surface area (Å²) in [5.41, 5.74) is 0. The summed E-state index contributed by atoms with van der Waals surface area (Å²) >= 11 is 0. The predicted molar refractivity (Wildman–Crippen MR) is 194 cm³/mol. The van der Waals surface area contributed by atoms with Crippen LogP contribution in [0.25, 0.3) is 0 Å². The lowest BCUT2D eigenvalue weighted by atomic mass is 9.89. The van der Waals surface area contributed by atoms with Gasteiger partial charge in [0, 0.05) is 13.2 Å². The fourth-order valence-electron chi connectivity index (χ4n) is 7.04. The molecule has 0 spiro atoms. The van der Waals surface area contributed by atoms with E-state index in [1.165, 1.54) is 161 Å². The van der Waals surface area contributed by atoms with Crippen molar-refractivity contribution in [3.8, 4) is 0 Å². The van der Waals surface area contributed by atoms with Gasteiger partial charge in [0.2, 0.25) is 0 Å². The fraction of sp³-hybridized carbons (Fsp3) is 1.00. The largest absolute Gasteiger partial charge is 0.378 e. The molecule has 0 aliphatic carbocycles. The van der Waals surface area contributed by atoms with Crippen LogP contribution in [0.15, 0.2) is 0 Å². The molecule has 260 valence electrons. The summed E-state index contributed by atoms with van der Waals surface area (Å²) in [5, 5.41) is 0. The molecule has 0 bridgehead atoms. The van der Waals surface area contributed by atoms with Gasteiger partial charge in [0.05, 0.1) is 12.2 Å². The lowest BCUT2D eigenvalue weighted by molar-refractivity contribution is -0.0193. The van der Waals surface area contributed by atoms with Crippen LogP contribution in [0.4, 0.5) is 0 Å². The normalized spacial score (nSPS) is 16.2. The first-order valence-electron chi connectivity index (χ1n) is 20.3. The van der Waals surface area contributed by atoms with Gasteiger partial charge in [-0.15, -0.1) is 0 Å². The topological polar surface area (TPSA) is 18.5 Å². The first-order chi connectivity index (χ1) is 21.0. The molecule has 0 radical (unpaired) electrons. The summed E-state index contributed by atoms with van der Waals surface area (Å²) < 4.78 is 13.5. The number of hydrogen-bond acceptors (Lipinski definition) is 2. The number of unbranched alkanes of at least 4 members (excludes halogenated alkanes) is 10. The summed E-state index contributed by atoms with van der Waals surface area (Å²) in [7, 11) is 0. The van der Waals surface area contributed by atoms with E-state index in [0.717, 1.165) is 36.9 Å². The summed E-state index contributed by atoms with van der Waals surface area (Å²) in [6, 6.07) is 0. The summed E-state index contributed by atoms with van der Waals surface area (Å²) in [5.74, 6) is 3.01. The lowest BCUT2D eigenvalue weighted by Gasteiger charge is -2.29. The average molecular weight is 609 g/mol. The first-order valence-corrected chi connectivity index (χ1v) is 20.3. The van der Waals surface area contributed by atoms with Crippen LogP contribution in [0, 0.1) is 23.7 Å². The monoisotopic (exact) mass is 609 g/mol. The Morgan fingerprint density at radius 2 is 0.651 bits per heavy atom. The van der Waals surface area contributed by atoms with Crippen molar-refractivity contribution in [1.82, 2.24) is 0 Å². The van der Waals surface area contributed by atoms with Gasteiger partial charge in [0.1, 0.15) is 0 Å². The van der Waals surface area contributed by atoms with E-state index in [-0.39, 0.29) is 0 Å². The van der Waals surface area contributed by atoms with E-state index in [2.05, 4.69) is 55.4 Å². The van der Waals surface area contributed by atoms with Crippen molar-refractivity contribution < 1.29 is 9.47 Å². The molecule has 0 aromatic rings. The van der Waals surface area contributed by atoms with Gasteiger partial charge in [-0.05, 0) is 62.2 Å². The quantitative estimate of drug-likeness (QED) is 0.0676. The van der Waals surface area contributed by atoms with Crippen molar-refractivity contribution >= 4 is 0 Å². The molecule has 0 amide bonds. The second-order valence-electron chi connectivity index (χ2n) is 14.2. The maximum Gasteiger partial charge on any atom is 0.0603 e. The highest BCUT2D eigenvalue weighted by Crippen LogP contribution is 2.28. The van der Waals surface area contributed by atoms with Gasteiger partial charge >= 0.3 is 0 Å². The van der Waals surface area contributed by atoms with E-state index >= 15 is 0 Å². The number of rotatable bonds is 34. The Balaban J connectivity index is 4.56. The minimum absolute atomic E-state index is 0.484. The molecule has 2 nitrogen and oxygen atoms in total. The van der Waals surface area contributed by atoms with Crippen LogP contribution < -0.4 is 0 Å². The third-order valence-electron chi connectivity index (χ3n) is 10.6. The maximum absolute atomic E-state index is 6.73. The highest BCUT2D eigenvalue weighted by Gasteiger charge is 2.23. The average Bonchev–Trinajstić information content (AvgIpc) is 3.03. The first kappa shape index (κ1) is 42.9. The zero-order valence-electron chi connectivity index (χ0n) is 31.4. The highest BCUT2D eigenvalue weighted by molar-refractivity contribution is 4.73. The molecule has 0 aromatic carbocycles. The van der Waals surface area contributed by atoms with Crippen molar-refractivity contribution in [1.29, 1.82) is 0 Å². The minimum Gasteiger partial charge on any atom is -0.378 e. The molecular weight excluding hydrogens is 524 g/mol. The third-order valence-corrected chi connectivity index (χ3v) is 10.6. The van der Waals surface area contributed by atoms with Gasteiger partial charge in [0.15, 0.2) is 0 Å². The van der Waals surface area contributed by atoms with Gasteiger partial charge in [-0.2, -0.15) is 0 Å². The molecule has 43 heavy (non-hydrogen) atoms. The van der Waals surface area contributed by atoms with Gasteiger partial charge < -0.3 is 9.47 Å². The van der Waals surface area contributed by atoms with Crippen molar-refractivity contribution in [3.63, 3.8) is 0 Å². The van der Waals surface area contributed by atoms with E-state index < -0.39 is 0 Å². The second kappa shape index (κ2) is 31.9. The van der Waals surface area contributed by atoms with E-state index in [1.54, 1.807) is 0 Å². The molecule has 0 fully saturated rings. The lowest BCUT2D eigenvalue weighted by Crippen LogP contribution is -2.26. The third kappa shape index (κ3) is 23.0. The van der Waals surface area contributed by atoms with Crippen LogP contribution >= 0.6 is 0 Å². The van der Waals surface area contributed by atoms with Crippen LogP contribution in [-0.4, -0.2) is 25.4 Å². The highest BCUT2D eigenvalue weighted by atomic mass is 16.5. The molecule has 0 rings (SSSR count). The smallest absolute Gasteiger partial charge is 0.0603 e. The summed E-state index contributed by atoms with van der Waals surface area (Å²) in [6.45, 7) is 20.8. The van der Waals surface area contributed by atoms with Crippen LogP contribution in [-0.2, 0) is 9.47 Å². The van der Waals surface area contributed by atoms with E-state index in [1.807, 2.05) is 0 Å². The van der Waals surface area contributed by atoms with Crippen molar-refractivity contribution in [2.75, 3.05) is 13.2 Å². The molecule has 0 heterocycles. The fourth-order valence-corrected chi connectivity index (χ4v) is 7.04. The van der Waals surface area contributed by atoms with Crippen LogP contribution in [0.5, 0.6) is 0 Å². The molecule has 0 aromatic heterocycles. The molecule has 2 heteroatoms. The Hall–Kier alpha value is -0.0800. The van der Waals surface area contributed by atoms with Crippen LogP contribution in [0.2, 0.25) is 0 Å². The molecule has 0 aliphatic rings. The maximum atomic E-state index is 6.73. The van der Waals surface area contributed by atoms with Gasteiger partial charge in [0.25, 0.3) is 0 Å². The van der Waals surface area contributed by atoms with Gasteiger partial charge in [-0.3, -0.25) is 0 Å². The molecule has 6 unspecified atom stereocenters. The molecule has 6 atom stereocenters. The molecule has 0 N–H and O–H groups in total. The standard InChI is InChI=1S/C41H84O2/c1-9-17-28-36(13-5)34-42-40(38(15-7)30-19-11-3)32-26-24-22-21-23-25-27-33-41(39(16-8)31-20-12-4)43-35-37(14-6)29-18-10-2/h36-41H,9-35H2,1-8H3. The van der Waals surface area contributed by atoms with E-state index in [9.17, 15) is 0 Å². The molecular formula is C41H84O2. The van der Waals surface area contributed by atoms with Crippen molar-refractivity contribution in [2.45, 2.75) is 228 Å². The van der Waals surface area contributed by atoms with Crippen LogP contribution in [0.1, 0.15) is 216 Å². The Morgan fingerprint density at radius 1 is 0.326 bits per heavy atom. The Bertz CT molecular complexity index is 488. The molecule has 0 saturated carbocycles. The number of hydrogen-bond donors (Lipinski definition) is 0. The van der Waals surface area contributed by atoms with E-state index in [0.29, 0.717) is 12.2 Å². The Morgan fingerprint density at radius 3 is 0.953 bits per heavy atom. The second-order valence-corrected chi connectivity index (χ2v) is 14.2. The SMILES string of the molecule is CCCCC(CC)COC(CCCCCCCCCC(OCC(CC)CCCC)C(CC)CCCC)C(CC)CCCC. The zero-order chi connectivity index (χ0) is 32.0. The predicted octanol–water partition coefficient (Wildman–Crippen LogP) is 14.1. The Labute approximate surface area is 274 Å². The van der Waals surface area contributed by atoms with Gasteiger partial charge in [-0.25, -0.2) is 0 Å². The van der Waals surface area contributed by atoms with Crippen molar-refractivity contribution in [2.24, 2.45) is 23.7 Å². The Kier molecular flexibility index (Phi) is 31.8. The molecule has 0 aliphatic heterocycles. The summed E-state index contributed by atoms with van der Waals surface area (Å²) in [4.78, 5) is 0. The minimum atomic E-state index is 0.484. The molecule has 0 saturated heterocycles. The zero-order valence-corrected chi connectivity index (χ0v) is 31.4.